The van der Waals surface area contributed by atoms with Crippen molar-refractivity contribution < 1.29 is 4.79 Å². The van der Waals surface area contributed by atoms with Crippen LogP contribution in [0.1, 0.15) is 24.3 Å². The third kappa shape index (κ3) is 3.24. The van der Waals surface area contributed by atoms with Crippen molar-refractivity contribution in [2.45, 2.75) is 25.3 Å². The number of hydrogen-bond donors (Lipinski definition) is 1. The maximum absolute atomic E-state index is 12.2. The van der Waals surface area contributed by atoms with Crippen LogP contribution < -0.4 is 5.73 Å². The number of hydrogen-bond acceptors (Lipinski definition) is 3. The van der Waals surface area contributed by atoms with Crippen molar-refractivity contribution in [2.75, 3.05) is 18.8 Å². The van der Waals surface area contributed by atoms with Gasteiger partial charge in [-0.1, -0.05) is 30.3 Å². The number of benzene rings is 1. The van der Waals surface area contributed by atoms with E-state index in [9.17, 15) is 4.79 Å². The van der Waals surface area contributed by atoms with Crippen LogP contribution >= 0.6 is 0 Å². The maximum atomic E-state index is 12.2. The quantitative estimate of drug-likeness (QED) is 0.936. The molecule has 1 aromatic carbocycles. The van der Waals surface area contributed by atoms with Crippen LogP contribution in [0, 0.1) is 0 Å². The van der Waals surface area contributed by atoms with E-state index >= 15 is 0 Å². The van der Waals surface area contributed by atoms with Crippen molar-refractivity contribution in [3.8, 4) is 0 Å². The molecule has 1 fully saturated rings. The van der Waals surface area contributed by atoms with Crippen LogP contribution in [0.4, 0.5) is 5.82 Å². The topological polar surface area (TPSA) is 64.2 Å². The van der Waals surface area contributed by atoms with Crippen LogP contribution in [0.3, 0.4) is 0 Å². The van der Waals surface area contributed by atoms with E-state index in [0.29, 0.717) is 11.7 Å². The van der Waals surface area contributed by atoms with Crippen molar-refractivity contribution in [3.05, 3.63) is 48.2 Å². The van der Waals surface area contributed by atoms with Gasteiger partial charge in [0.15, 0.2) is 0 Å². The van der Waals surface area contributed by atoms with Crippen LogP contribution in [0.5, 0.6) is 0 Å². The zero-order chi connectivity index (χ0) is 14.7. The number of amides is 1. The van der Waals surface area contributed by atoms with Crippen LogP contribution in [-0.2, 0) is 11.3 Å². The van der Waals surface area contributed by atoms with Crippen molar-refractivity contribution >= 4 is 11.7 Å². The fourth-order valence-electron chi connectivity index (χ4n) is 2.89. The van der Waals surface area contributed by atoms with Gasteiger partial charge >= 0.3 is 0 Å². The summed E-state index contributed by atoms with van der Waals surface area (Å²) in [6, 6.07) is 12.3. The molecule has 0 spiro atoms. The monoisotopic (exact) mass is 284 g/mol. The number of piperidine rings is 1. The summed E-state index contributed by atoms with van der Waals surface area (Å²) in [7, 11) is 0. The van der Waals surface area contributed by atoms with Gasteiger partial charge in [-0.3, -0.25) is 9.48 Å². The molecule has 1 aromatic heterocycles. The largest absolute Gasteiger partial charge is 0.382 e. The molecule has 0 saturated carbocycles. The third-order valence-electron chi connectivity index (χ3n) is 4.08. The van der Waals surface area contributed by atoms with Crippen molar-refractivity contribution in [1.82, 2.24) is 14.7 Å². The Morgan fingerprint density at radius 3 is 2.52 bits per heavy atom. The van der Waals surface area contributed by atoms with Crippen LogP contribution in [0.25, 0.3) is 0 Å². The Hall–Kier alpha value is -2.30. The summed E-state index contributed by atoms with van der Waals surface area (Å²) in [5.41, 5.74) is 6.94. The first-order chi connectivity index (χ1) is 10.2. The Balaban J connectivity index is 1.54. The van der Waals surface area contributed by atoms with Gasteiger partial charge in [-0.25, -0.2) is 0 Å². The number of anilines is 1. The summed E-state index contributed by atoms with van der Waals surface area (Å²) >= 11 is 0. The zero-order valence-corrected chi connectivity index (χ0v) is 12.0. The average Bonchev–Trinajstić information content (AvgIpc) is 2.93. The van der Waals surface area contributed by atoms with E-state index in [1.807, 2.05) is 11.0 Å². The highest BCUT2D eigenvalue weighted by molar-refractivity contribution is 5.76. The molecule has 3 rings (SSSR count). The number of carbonyl (C=O) groups is 1. The summed E-state index contributed by atoms with van der Waals surface area (Å²) in [6.45, 7) is 1.90. The first kappa shape index (κ1) is 13.7. The van der Waals surface area contributed by atoms with Gasteiger partial charge in [0.1, 0.15) is 12.4 Å². The maximum Gasteiger partial charge on any atom is 0.244 e. The standard InChI is InChI=1S/C16H20N4O/c17-15-8-11-20(18-15)12-16(21)19-9-6-14(7-10-19)13-4-2-1-3-5-13/h1-5,8,11,14H,6-7,9-10,12H2,(H2,17,18). The SMILES string of the molecule is Nc1ccn(CC(=O)N2CCC(c3ccccc3)CC2)n1. The summed E-state index contributed by atoms with van der Waals surface area (Å²) in [6.07, 6.45) is 3.79. The first-order valence-electron chi connectivity index (χ1n) is 7.34. The lowest BCUT2D eigenvalue weighted by molar-refractivity contribution is -0.133. The van der Waals surface area contributed by atoms with Crippen molar-refractivity contribution in [3.63, 3.8) is 0 Å². The van der Waals surface area contributed by atoms with Gasteiger partial charge in [-0.05, 0) is 30.4 Å². The van der Waals surface area contributed by atoms with Crippen LogP contribution in [-0.4, -0.2) is 33.7 Å². The van der Waals surface area contributed by atoms with E-state index in [2.05, 4.69) is 29.4 Å². The highest BCUT2D eigenvalue weighted by Gasteiger charge is 2.23. The van der Waals surface area contributed by atoms with E-state index in [1.54, 1.807) is 16.9 Å². The first-order valence-corrected chi connectivity index (χ1v) is 7.34. The second-order valence-corrected chi connectivity index (χ2v) is 5.50. The van der Waals surface area contributed by atoms with Crippen LogP contribution in [0.2, 0.25) is 0 Å². The van der Waals surface area contributed by atoms with Gasteiger partial charge in [-0.15, -0.1) is 0 Å². The molecule has 5 heteroatoms. The lowest BCUT2D eigenvalue weighted by Gasteiger charge is -2.32. The Bertz CT molecular complexity index is 600. The number of rotatable bonds is 3. The minimum absolute atomic E-state index is 0.115. The molecular weight excluding hydrogens is 264 g/mol. The molecule has 1 saturated heterocycles. The molecule has 1 amide bonds. The van der Waals surface area contributed by atoms with Crippen molar-refractivity contribution in [1.29, 1.82) is 0 Å². The third-order valence-corrected chi connectivity index (χ3v) is 4.08. The van der Waals surface area contributed by atoms with E-state index in [4.69, 9.17) is 5.73 Å². The number of aromatic nitrogens is 2. The Kier molecular flexibility index (Phi) is 3.90. The smallest absolute Gasteiger partial charge is 0.244 e. The van der Waals surface area contributed by atoms with Gasteiger partial charge < -0.3 is 10.6 Å². The molecule has 2 heterocycles. The molecule has 2 N–H and O–H groups in total. The molecule has 0 aliphatic carbocycles. The average molecular weight is 284 g/mol. The summed E-state index contributed by atoms with van der Waals surface area (Å²) in [5.74, 6) is 1.13. The van der Waals surface area contributed by atoms with Crippen LogP contribution in [0.15, 0.2) is 42.6 Å². The van der Waals surface area contributed by atoms with E-state index < -0.39 is 0 Å². The summed E-state index contributed by atoms with van der Waals surface area (Å²) in [4.78, 5) is 14.2. The zero-order valence-electron chi connectivity index (χ0n) is 12.0. The molecule has 110 valence electrons. The molecule has 21 heavy (non-hydrogen) atoms. The minimum atomic E-state index is 0.115. The lowest BCUT2D eigenvalue weighted by atomic mass is 9.89. The molecule has 5 nitrogen and oxygen atoms in total. The number of nitrogen functional groups attached to an aromatic ring is 1. The second kappa shape index (κ2) is 5.99. The summed E-state index contributed by atoms with van der Waals surface area (Å²) in [5, 5.41) is 4.05. The van der Waals surface area contributed by atoms with E-state index in [1.165, 1.54) is 5.56 Å². The molecule has 0 bridgehead atoms. The van der Waals surface area contributed by atoms with Gasteiger partial charge in [0.25, 0.3) is 0 Å². The minimum Gasteiger partial charge on any atom is -0.382 e. The summed E-state index contributed by atoms with van der Waals surface area (Å²) < 4.78 is 1.60. The van der Waals surface area contributed by atoms with Gasteiger partial charge in [0, 0.05) is 19.3 Å². The number of nitrogens with two attached hydrogens (primary N) is 1. The van der Waals surface area contributed by atoms with E-state index in [-0.39, 0.29) is 12.5 Å². The normalized spacial score (nSPS) is 16.1. The molecule has 0 atom stereocenters. The van der Waals surface area contributed by atoms with Gasteiger partial charge in [-0.2, -0.15) is 5.10 Å². The molecule has 1 aliphatic rings. The lowest BCUT2D eigenvalue weighted by Crippen LogP contribution is -2.39. The fraction of sp³-hybridized carbons (Fsp3) is 0.375. The predicted octanol–water partition coefficient (Wildman–Crippen LogP) is 1.87. The Morgan fingerprint density at radius 2 is 1.90 bits per heavy atom. The second-order valence-electron chi connectivity index (χ2n) is 5.50. The predicted molar refractivity (Wildman–Crippen MR) is 81.6 cm³/mol. The molecule has 1 aliphatic heterocycles. The molecular formula is C16H20N4O. The molecule has 0 unspecified atom stereocenters. The number of nitrogens with zero attached hydrogens (tertiary/aromatic N) is 3. The highest BCUT2D eigenvalue weighted by Crippen LogP contribution is 2.27. The highest BCUT2D eigenvalue weighted by atomic mass is 16.2. The Labute approximate surface area is 124 Å². The van der Waals surface area contributed by atoms with Gasteiger partial charge in [0.05, 0.1) is 0 Å². The number of likely N-dealkylation sites (tertiary alicyclic amines) is 1. The van der Waals surface area contributed by atoms with Gasteiger partial charge in [0.2, 0.25) is 5.91 Å². The fourth-order valence-corrected chi connectivity index (χ4v) is 2.89. The van der Waals surface area contributed by atoms with E-state index in [0.717, 1.165) is 25.9 Å². The Morgan fingerprint density at radius 1 is 1.19 bits per heavy atom. The molecule has 0 radical (unpaired) electrons. The van der Waals surface area contributed by atoms with Crippen molar-refractivity contribution in [2.24, 2.45) is 0 Å². The number of carbonyl (C=O) groups excluding carboxylic acids is 1. The molecule has 2 aromatic rings.